The van der Waals surface area contributed by atoms with Crippen molar-refractivity contribution in [3.05, 3.63) is 34.1 Å². The highest BCUT2D eigenvalue weighted by molar-refractivity contribution is 7.09. The van der Waals surface area contributed by atoms with Crippen molar-refractivity contribution >= 4 is 11.3 Å². The molecule has 74 valence electrons. The number of aryl methyl sites for hydroxylation is 1. The number of rotatable bonds is 4. The third-order valence-corrected chi connectivity index (χ3v) is 2.61. The van der Waals surface area contributed by atoms with E-state index >= 15 is 0 Å². The van der Waals surface area contributed by atoms with Gasteiger partial charge in [-0.05, 0) is 6.92 Å². The molecule has 4 nitrogen and oxygen atoms in total. The quantitative estimate of drug-likeness (QED) is 0.833. The van der Waals surface area contributed by atoms with Crippen molar-refractivity contribution in [3.63, 3.8) is 0 Å². The molecule has 0 saturated heterocycles. The summed E-state index contributed by atoms with van der Waals surface area (Å²) in [6.07, 6.45) is 3.35. The second kappa shape index (κ2) is 4.34. The van der Waals surface area contributed by atoms with Crippen LogP contribution in [0.25, 0.3) is 0 Å². The molecule has 0 aliphatic heterocycles. The summed E-state index contributed by atoms with van der Waals surface area (Å²) < 4.78 is 4.72. The molecule has 14 heavy (non-hydrogen) atoms. The Morgan fingerprint density at radius 3 is 3.07 bits per heavy atom. The molecule has 0 saturated carbocycles. The first-order valence-corrected chi connectivity index (χ1v) is 5.22. The zero-order chi connectivity index (χ0) is 9.80. The number of nitrogens with one attached hydrogen (secondary N) is 1. The van der Waals surface area contributed by atoms with E-state index < -0.39 is 0 Å². The van der Waals surface area contributed by atoms with Gasteiger partial charge in [0.15, 0.2) is 0 Å². The fourth-order valence-electron chi connectivity index (χ4n) is 1.14. The average molecular weight is 209 g/mol. The summed E-state index contributed by atoms with van der Waals surface area (Å²) in [6.45, 7) is 3.56. The van der Waals surface area contributed by atoms with E-state index in [0.717, 1.165) is 29.4 Å². The van der Waals surface area contributed by atoms with Crippen molar-refractivity contribution in [1.29, 1.82) is 0 Å². The predicted molar refractivity (Wildman–Crippen MR) is 53.9 cm³/mol. The number of hydrogen-bond acceptors (Lipinski definition) is 5. The molecule has 2 rings (SSSR count). The van der Waals surface area contributed by atoms with Crippen LogP contribution in [0, 0.1) is 6.92 Å². The minimum absolute atomic E-state index is 0.764. The van der Waals surface area contributed by atoms with Crippen LogP contribution < -0.4 is 5.32 Å². The van der Waals surface area contributed by atoms with Gasteiger partial charge in [-0.15, -0.1) is 11.3 Å². The lowest BCUT2D eigenvalue weighted by Gasteiger charge is -1.98. The molecule has 0 unspecified atom stereocenters. The number of nitrogens with zero attached hydrogens (tertiary/aromatic N) is 2. The lowest BCUT2D eigenvalue weighted by molar-refractivity contribution is 0.418. The molecule has 2 heterocycles. The maximum atomic E-state index is 4.72. The summed E-state index contributed by atoms with van der Waals surface area (Å²) in [5, 5.41) is 10.1. The number of thiazole rings is 1. The van der Waals surface area contributed by atoms with Crippen molar-refractivity contribution < 1.29 is 4.52 Å². The largest absolute Gasteiger partial charge is 0.364 e. The Morgan fingerprint density at radius 2 is 2.43 bits per heavy atom. The second-order valence-corrected chi connectivity index (χ2v) is 4.06. The van der Waals surface area contributed by atoms with Crippen LogP contribution in [0.2, 0.25) is 0 Å². The number of aromatic nitrogens is 2. The SMILES string of the molecule is Cc1nc(CNCc2cnoc2)cs1. The Hall–Kier alpha value is -1.20. The van der Waals surface area contributed by atoms with Crippen LogP contribution in [-0.2, 0) is 13.1 Å². The first-order chi connectivity index (χ1) is 6.84. The molecule has 0 aliphatic carbocycles. The van der Waals surface area contributed by atoms with Gasteiger partial charge in [-0.25, -0.2) is 4.98 Å². The average Bonchev–Trinajstić information content (AvgIpc) is 2.77. The molecule has 0 aliphatic rings. The van der Waals surface area contributed by atoms with Gasteiger partial charge in [0.05, 0.1) is 16.9 Å². The van der Waals surface area contributed by atoms with Gasteiger partial charge >= 0.3 is 0 Å². The predicted octanol–water partition coefficient (Wildman–Crippen LogP) is 1.73. The van der Waals surface area contributed by atoms with E-state index in [4.69, 9.17) is 4.52 Å². The zero-order valence-electron chi connectivity index (χ0n) is 7.86. The van der Waals surface area contributed by atoms with Gasteiger partial charge in [0, 0.05) is 24.0 Å². The van der Waals surface area contributed by atoms with Crippen LogP contribution >= 0.6 is 11.3 Å². The van der Waals surface area contributed by atoms with E-state index in [9.17, 15) is 0 Å². The number of hydrogen-bond donors (Lipinski definition) is 1. The van der Waals surface area contributed by atoms with Crippen molar-refractivity contribution in [2.45, 2.75) is 20.0 Å². The van der Waals surface area contributed by atoms with Crippen molar-refractivity contribution in [3.8, 4) is 0 Å². The minimum atomic E-state index is 0.764. The Morgan fingerprint density at radius 1 is 1.50 bits per heavy atom. The molecule has 1 N–H and O–H groups in total. The van der Waals surface area contributed by atoms with Gasteiger partial charge in [-0.3, -0.25) is 0 Å². The molecule has 0 spiro atoms. The van der Waals surface area contributed by atoms with Crippen LogP contribution in [-0.4, -0.2) is 10.1 Å². The van der Waals surface area contributed by atoms with Crippen LogP contribution in [0.5, 0.6) is 0 Å². The topological polar surface area (TPSA) is 51.0 Å². The molecular formula is C9H11N3OS. The molecule has 0 aromatic carbocycles. The molecule has 0 fully saturated rings. The van der Waals surface area contributed by atoms with Crippen molar-refractivity contribution in [1.82, 2.24) is 15.5 Å². The van der Waals surface area contributed by atoms with Crippen molar-refractivity contribution in [2.24, 2.45) is 0 Å². The summed E-state index contributed by atoms with van der Waals surface area (Å²) in [4.78, 5) is 4.35. The lowest BCUT2D eigenvalue weighted by atomic mass is 10.3. The van der Waals surface area contributed by atoms with Gasteiger partial charge in [0.1, 0.15) is 6.26 Å². The van der Waals surface area contributed by atoms with Gasteiger partial charge in [-0.2, -0.15) is 0 Å². The van der Waals surface area contributed by atoms with E-state index in [2.05, 4.69) is 20.8 Å². The lowest BCUT2D eigenvalue weighted by Crippen LogP contribution is -2.12. The van der Waals surface area contributed by atoms with Gasteiger partial charge in [-0.1, -0.05) is 5.16 Å². The molecule has 0 atom stereocenters. The molecule has 2 aromatic rings. The van der Waals surface area contributed by atoms with Crippen LogP contribution in [0.4, 0.5) is 0 Å². The fraction of sp³-hybridized carbons (Fsp3) is 0.333. The minimum Gasteiger partial charge on any atom is -0.364 e. The third-order valence-electron chi connectivity index (χ3n) is 1.79. The van der Waals surface area contributed by atoms with Crippen LogP contribution in [0.15, 0.2) is 22.4 Å². The van der Waals surface area contributed by atoms with E-state index in [1.165, 1.54) is 0 Å². The first-order valence-electron chi connectivity index (χ1n) is 4.34. The molecule has 0 radical (unpaired) electrons. The molecule has 0 amide bonds. The smallest absolute Gasteiger partial charge is 0.128 e. The highest BCUT2D eigenvalue weighted by Crippen LogP contribution is 2.07. The van der Waals surface area contributed by atoms with Crippen molar-refractivity contribution in [2.75, 3.05) is 0 Å². The normalized spacial score (nSPS) is 10.6. The maximum Gasteiger partial charge on any atom is 0.128 e. The molecule has 5 heteroatoms. The first kappa shape index (κ1) is 9.36. The summed E-state index contributed by atoms with van der Waals surface area (Å²) in [6, 6.07) is 0. The van der Waals surface area contributed by atoms with E-state index in [-0.39, 0.29) is 0 Å². The highest BCUT2D eigenvalue weighted by atomic mass is 32.1. The van der Waals surface area contributed by atoms with Gasteiger partial charge < -0.3 is 9.84 Å². The van der Waals surface area contributed by atoms with E-state index in [1.54, 1.807) is 23.8 Å². The molecule has 2 aromatic heterocycles. The Balaban J connectivity index is 1.78. The Kier molecular flexibility index (Phi) is 2.90. The van der Waals surface area contributed by atoms with Crippen LogP contribution in [0.3, 0.4) is 0 Å². The maximum absolute atomic E-state index is 4.72. The van der Waals surface area contributed by atoms with E-state index in [0.29, 0.717) is 0 Å². The van der Waals surface area contributed by atoms with Gasteiger partial charge in [0.2, 0.25) is 0 Å². The summed E-state index contributed by atoms with van der Waals surface area (Å²) in [5.74, 6) is 0. The Bertz CT molecular complexity index is 382. The van der Waals surface area contributed by atoms with Crippen LogP contribution in [0.1, 0.15) is 16.3 Å². The molecular weight excluding hydrogens is 198 g/mol. The standard InChI is InChI=1S/C9H11N3OS/c1-7-12-9(6-14-7)4-10-2-8-3-11-13-5-8/h3,5-6,10H,2,4H2,1H3. The second-order valence-electron chi connectivity index (χ2n) is 2.99. The Labute approximate surface area is 86.0 Å². The summed E-state index contributed by atoms with van der Waals surface area (Å²) in [5.41, 5.74) is 2.14. The fourth-order valence-corrected chi connectivity index (χ4v) is 1.75. The monoisotopic (exact) mass is 209 g/mol. The van der Waals surface area contributed by atoms with E-state index in [1.807, 2.05) is 6.92 Å². The zero-order valence-corrected chi connectivity index (χ0v) is 8.67. The highest BCUT2D eigenvalue weighted by Gasteiger charge is 1.98. The summed E-state index contributed by atoms with van der Waals surface area (Å²) >= 11 is 1.67. The third kappa shape index (κ3) is 2.40. The summed E-state index contributed by atoms with van der Waals surface area (Å²) in [7, 11) is 0. The van der Waals surface area contributed by atoms with Gasteiger partial charge in [0.25, 0.3) is 0 Å². The molecule has 0 bridgehead atoms.